The summed E-state index contributed by atoms with van der Waals surface area (Å²) in [6.45, 7) is 6.78. The zero-order chi connectivity index (χ0) is 20.5. The first-order valence-corrected chi connectivity index (χ1v) is 9.70. The van der Waals surface area contributed by atoms with Crippen molar-refractivity contribution in [3.63, 3.8) is 0 Å². The van der Waals surface area contributed by atoms with Gasteiger partial charge in [-0.2, -0.15) is 10.2 Å². The maximum absolute atomic E-state index is 13.2. The van der Waals surface area contributed by atoms with E-state index in [1.807, 2.05) is 73.7 Å². The number of carbonyl (C=O) groups excluding carboxylic acids is 1. The van der Waals surface area contributed by atoms with Crippen molar-refractivity contribution < 1.29 is 4.79 Å². The predicted molar refractivity (Wildman–Crippen MR) is 112 cm³/mol. The third-order valence-electron chi connectivity index (χ3n) is 5.30. The Morgan fingerprint density at radius 1 is 1.21 bits per heavy atom. The second kappa shape index (κ2) is 7.50. The SMILES string of the molecule is CCn1cc(-c2cc(C(=O)NC(C)c3cnn(C)c3C)c3ccccc3n2)cn1. The van der Waals surface area contributed by atoms with E-state index in [1.54, 1.807) is 12.4 Å². The van der Waals surface area contributed by atoms with Crippen LogP contribution in [-0.4, -0.2) is 30.5 Å². The summed E-state index contributed by atoms with van der Waals surface area (Å²) >= 11 is 0. The van der Waals surface area contributed by atoms with Crippen LogP contribution in [0.4, 0.5) is 0 Å². The van der Waals surface area contributed by atoms with Gasteiger partial charge >= 0.3 is 0 Å². The van der Waals surface area contributed by atoms with Gasteiger partial charge < -0.3 is 5.32 Å². The Hall–Kier alpha value is -3.48. The highest BCUT2D eigenvalue weighted by Crippen LogP contribution is 2.25. The molecule has 0 aliphatic heterocycles. The van der Waals surface area contributed by atoms with E-state index in [0.29, 0.717) is 5.56 Å². The molecule has 0 fully saturated rings. The maximum Gasteiger partial charge on any atom is 0.252 e. The largest absolute Gasteiger partial charge is 0.345 e. The maximum atomic E-state index is 13.2. The van der Waals surface area contributed by atoms with Gasteiger partial charge in [0.15, 0.2) is 0 Å². The highest BCUT2D eigenvalue weighted by molar-refractivity contribution is 6.07. The molecule has 1 atom stereocenters. The highest BCUT2D eigenvalue weighted by Gasteiger charge is 2.19. The number of nitrogens with one attached hydrogen (secondary N) is 1. The molecule has 0 saturated heterocycles. The highest BCUT2D eigenvalue weighted by atomic mass is 16.1. The molecule has 7 heteroatoms. The Morgan fingerprint density at radius 3 is 2.69 bits per heavy atom. The fourth-order valence-corrected chi connectivity index (χ4v) is 3.47. The normalized spacial score (nSPS) is 12.3. The predicted octanol–water partition coefficient (Wildman–Crippen LogP) is 3.65. The van der Waals surface area contributed by atoms with Crippen molar-refractivity contribution in [2.75, 3.05) is 0 Å². The van der Waals surface area contributed by atoms with Crippen molar-refractivity contribution in [3.8, 4) is 11.3 Å². The standard InChI is InChI=1S/C22H24N6O/c1-5-28-13-16(11-24-28)21-10-18(17-8-6-7-9-20(17)26-21)22(29)25-14(2)19-12-23-27(4)15(19)3/h6-14H,5H2,1-4H3,(H,25,29). The topological polar surface area (TPSA) is 77.6 Å². The number of amides is 1. The summed E-state index contributed by atoms with van der Waals surface area (Å²) in [5, 5.41) is 12.5. The minimum atomic E-state index is -0.158. The van der Waals surface area contributed by atoms with Crippen LogP contribution >= 0.6 is 0 Å². The van der Waals surface area contributed by atoms with E-state index in [9.17, 15) is 4.79 Å². The van der Waals surface area contributed by atoms with Gasteiger partial charge in [0.25, 0.3) is 5.91 Å². The van der Waals surface area contributed by atoms with Crippen LogP contribution in [0.2, 0.25) is 0 Å². The molecule has 0 spiro atoms. The first-order valence-electron chi connectivity index (χ1n) is 9.70. The Morgan fingerprint density at radius 2 is 2.00 bits per heavy atom. The summed E-state index contributed by atoms with van der Waals surface area (Å²) < 4.78 is 3.66. The Bertz CT molecular complexity index is 1190. The van der Waals surface area contributed by atoms with Crippen LogP contribution in [0.15, 0.2) is 48.9 Å². The number of benzene rings is 1. The van der Waals surface area contributed by atoms with E-state index in [4.69, 9.17) is 4.98 Å². The first-order chi connectivity index (χ1) is 14.0. The van der Waals surface area contributed by atoms with Crippen LogP contribution in [0.1, 0.15) is 41.5 Å². The molecule has 1 aromatic carbocycles. The van der Waals surface area contributed by atoms with Gasteiger partial charge in [0.1, 0.15) is 0 Å². The molecule has 0 aliphatic carbocycles. The number of nitrogens with zero attached hydrogens (tertiary/aromatic N) is 5. The van der Waals surface area contributed by atoms with Crippen LogP contribution in [0.3, 0.4) is 0 Å². The number of fused-ring (bicyclic) bond motifs is 1. The Kier molecular flexibility index (Phi) is 4.88. The molecule has 0 bridgehead atoms. The monoisotopic (exact) mass is 388 g/mol. The lowest BCUT2D eigenvalue weighted by atomic mass is 10.0. The van der Waals surface area contributed by atoms with E-state index in [2.05, 4.69) is 15.5 Å². The van der Waals surface area contributed by atoms with Crippen molar-refractivity contribution in [1.82, 2.24) is 29.9 Å². The van der Waals surface area contributed by atoms with Crippen LogP contribution in [0.5, 0.6) is 0 Å². The molecule has 0 saturated carbocycles. The van der Waals surface area contributed by atoms with Crippen molar-refractivity contribution >= 4 is 16.8 Å². The molecule has 29 heavy (non-hydrogen) atoms. The summed E-state index contributed by atoms with van der Waals surface area (Å²) in [4.78, 5) is 18.0. The molecule has 1 amide bonds. The van der Waals surface area contributed by atoms with Crippen LogP contribution in [-0.2, 0) is 13.6 Å². The zero-order valence-corrected chi connectivity index (χ0v) is 17.0. The smallest absolute Gasteiger partial charge is 0.252 e. The third kappa shape index (κ3) is 3.51. The number of para-hydroxylation sites is 1. The van der Waals surface area contributed by atoms with E-state index in [0.717, 1.165) is 40.0 Å². The van der Waals surface area contributed by atoms with Gasteiger partial charge in [-0.15, -0.1) is 0 Å². The molecular formula is C22H24N6O. The molecule has 148 valence electrons. The van der Waals surface area contributed by atoms with Crippen molar-refractivity contribution in [1.29, 1.82) is 0 Å². The summed E-state index contributed by atoms with van der Waals surface area (Å²) in [6, 6.07) is 9.39. The number of rotatable bonds is 5. The van der Waals surface area contributed by atoms with Crippen molar-refractivity contribution in [2.24, 2.45) is 7.05 Å². The lowest BCUT2D eigenvalue weighted by molar-refractivity contribution is 0.0941. The summed E-state index contributed by atoms with van der Waals surface area (Å²) in [6.07, 6.45) is 5.53. The average molecular weight is 388 g/mol. The second-order valence-corrected chi connectivity index (χ2v) is 7.16. The molecule has 4 rings (SSSR count). The molecule has 3 aromatic heterocycles. The fraction of sp³-hybridized carbons (Fsp3) is 0.273. The van der Waals surface area contributed by atoms with Crippen LogP contribution < -0.4 is 5.32 Å². The molecule has 4 aromatic rings. The minimum absolute atomic E-state index is 0.136. The number of aromatic nitrogens is 5. The first kappa shape index (κ1) is 18.9. The third-order valence-corrected chi connectivity index (χ3v) is 5.30. The lowest BCUT2D eigenvalue weighted by Gasteiger charge is -2.15. The van der Waals surface area contributed by atoms with E-state index in [1.165, 1.54) is 0 Å². The van der Waals surface area contributed by atoms with E-state index in [-0.39, 0.29) is 11.9 Å². The van der Waals surface area contributed by atoms with Crippen molar-refractivity contribution in [2.45, 2.75) is 33.4 Å². The number of pyridine rings is 1. The second-order valence-electron chi connectivity index (χ2n) is 7.16. The van der Waals surface area contributed by atoms with Gasteiger partial charge in [-0.1, -0.05) is 18.2 Å². The Balaban J connectivity index is 1.73. The molecule has 1 unspecified atom stereocenters. The number of aryl methyl sites for hydroxylation is 2. The Labute approximate surface area is 169 Å². The fourth-order valence-electron chi connectivity index (χ4n) is 3.47. The van der Waals surface area contributed by atoms with Gasteiger partial charge in [-0.25, -0.2) is 4.98 Å². The molecule has 0 radical (unpaired) electrons. The molecule has 1 N–H and O–H groups in total. The summed E-state index contributed by atoms with van der Waals surface area (Å²) in [7, 11) is 1.90. The van der Waals surface area contributed by atoms with Gasteiger partial charge in [-0.05, 0) is 32.9 Å². The van der Waals surface area contributed by atoms with Crippen molar-refractivity contribution in [3.05, 3.63) is 65.7 Å². The molecule has 0 aliphatic rings. The molecular weight excluding hydrogens is 364 g/mol. The van der Waals surface area contributed by atoms with Crippen LogP contribution in [0.25, 0.3) is 22.2 Å². The zero-order valence-electron chi connectivity index (χ0n) is 17.0. The summed E-state index contributed by atoms with van der Waals surface area (Å²) in [5.41, 5.74) is 5.04. The van der Waals surface area contributed by atoms with E-state index < -0.39 is 0 Å². The number of hydrogen-bond acceptors (Lipinski definition) is 4. The van der Waals surface area contributed by atoms with Crippen LogP contribution in [0, 0.1) is 6.92 Å². The number of carbonyl (C=O) groups is 1. The summed E-state index contributed by atoms with van der Waals surface area (Å²) in [5.74, 6) is -0.136. The van der Waals surface area contributed by atoms with Gasteiger partial charge in [0.2, 0.25) is 0 Å². The van der Waals surface area contributed by atoms with E-state index >= 15 is 0 Å². The van der Waals surface area contributed by atoms with Gasteiger partial charge in [-0.3, -0.25) is 14.2 Å². The minimum Gasteiger partial charge on any atom is -0.345 e. The number of hydrogen-bond donors (Lipinski definition) is 1. The average Bonchev–Trinajstić information content (AvgIpc) is 3.34. The van der Waals surface area contributed by atoms with Gasteiger partial charge in [0.05, 0.1) is 35.2 Å². The lowest BCUT2D eigenvalue weighted by Crippen LogP contribution is -2.27. The van der Waals surface area contributed by atoms with Gasteiger partial charge in [0, 0.05) is 42.0 Å². The quantitative estimate of drug-likeness (QED) is 0.566. The molecule has 3 heterocycles. The molecule has 7 nitrogen and oxygen atoms in total.